The molecule has 0 aliphatic carbocycles. The molecule has 29 heavy (non-hydrogen) atoms. The summed E-state index contributed by atoms with van der Waals surface area (Å²) in [6.45, 7) is 5.50. The van der Waals surface area contributed by atoms with Gasteiger partial charge in [-0.1, -0.05) is 30.3 Å². The molecule has 2 heterocycles. The first-order valence-corrected chi connectivity index (χ1v) is 9.26. The zero-order chi connectivity index (χ0) is 20.5. The second kappa shape index (κ2) is 7.39. The van der Waals surface area contributed by atoms with E-state index in [2.05, 4.69) is 5.10 Å². The van der Waals surface area contributed by atoms with Crippen molar-refractivity contribution in [2.75, 3.05) is 0 Å². The molecule has 4 aromatic rings. The Labute approximate surface area is 167 Å². The number of para-hydroxylation sites is 1. The molecule has 0 aliphatic heterocycles. The van der Waals surface area contributed by atoms with E-state index in [1.807, 2.05) is 56.3 Å². The van der Waals surface area contributed by atoms with Crippen LogP contribution in [0.2, 0.25) is 0 Å². The van der Waals surface area contributed by atoms with Gasteiger partial charge in [0.2, 0.25) is 0 Å². The second-order valence-electron chi connectivity index (χ2n) is 6.96. The molecule has 6 nitrogen and oxygen atoms in total. The molecule has 0 N–H and O–H groups in total. The minimum atomic E-state index is -0.476. The van der Waals surface area contributed by atoms with Crippen molar-refractivity contribution in [3.63, 3.8) is 0 Å². The van der Waals surface area contributed by atoms with Gasteiger partial charge in [0.25, 0.3) is 0 Å². The van der Waals surface area contributed by atoms with Crippen LogP contribution in [0.15, 0.2) is 63.8 Å². The van der Waals surface area contributed by atoms with Crippen molar-refractivity contribution >= 4 is 16.9 Å². The molecule has 0 amide bonds. The van der Waals surface area contributed by atoms with Crippen LogP contribution in [0.5, 0.6) is 0 Å². The summed E-state index contributed by atoms with van der Waals surface area (Å²) >= 11 is 0. The van der Waals surface area contributed by atoms with Crippen LogP contribution < -0.4 is 5.63 Å². The van der Waals surface area contributed by atoms with Gasteiger partial charge >= 0.3 is 11.6 Å². The fourth-order valence-corrected chi connectivity index (χ4v) is 3.43. The van der Waals surface area contributed by atoms with E-state index in [0.717, 1.165) is 16.6 Å². The third kappa shape index (κ3) is 3.57. The quantitative estimate of drug-likeness (QED) is 0.386. The number of carbonyl (C=O) groups is 1. The summed E-state index contributed by atoms with van der Waals surface area (Å²) in [5.74, 6) is -0.476. The van der Waals surface area contributed by atoms with E-state index < -0.39 is 11.6 Å². The van der Waals surface area contributed by atoms with Crippen LogP contribution in [0, 0.1) is 20.8 Å². The van der Waals surface area contributed by atoms with Crippen molar-refractivity contribution in [2.45, 2.75) is 27.4 Å². The number of esters is 1. The number of benzene rings is 2. The smallest absolute Gasteiger partial charge is 0.342 e. The van der Waals surface area contributed by atoms with Crippen LogP contribution >= 0.6 is 0 Å². The second-order valence-corrected chi connectivity index (χ2v) is 6.96. The average molecular weight is 388 g/mol. The summed E-state index contributed by atoms with van der Waals surface area (Å²) in [5.41, 5.74) is 4.18. The maximum atomic E-state index is 12.8. The Bertz CT molecular complexity index is 1270. The maximum Gasteiger partial charge on any atom is 0.342 e. The van der Waals surface area contributed by atoms with Gasteiger partial charge in [0.05, 0.1) is 17.1 Å². The van der Waals surface area contributed by atoms with E-state index in [1.165, 1.54) is 6.07 Å². The Morgan fingerprint density at radius 1 is 1.07 bits per heavy atom. The molecule has 0 bridgehead atoms. The summed E-state index contributed by atoms with van der Waals surface area (Å²) in [7, 11) is 0. The molecule has 6 heteroatoms. The van der Waals surface area contributed by atoms with E-state index in [-0.39, 0.29) is 6.61 Å². The predicted octanol–water partition coefficient (Wildman–Crippen LogP) is 4.26. The van der Waals surface area contributed by atoms with Crippen LogP contribution in [0.4, 0.5) is 0 Å². The molecule has 0 radical (unpaired) electrons. The molecule has 0 spiro atoms. The van der Waals surface area contributed by atoms with Crippen molar-refractivity contribution in [2.24, 2.45) is 0 Å². The van der Waals surface area contributed by atoms with E-state index in [4.69, 9.17) is 9.15 Å². The molecule has 0 atom stereocenters. The Morgan fingerprint density at radius 2 is 1.83 bits per heavy atom. The molecular formula is C23H20N2O4. The Kier molecular flexibility index (Phi) is 4.76. The monoisotopic (exact) mass is 388 g/mol. The molecule has 4 rings (SSSR count). The fraction of sp³-hybridized carbons (Fsp3) is 0.174. The zero-order valence-corrected chi connectivity index (χ0v) is 16.4. The lowest BCUT2D eigenvalue weighted by Gasteiger charge is -2.08. The molecule has 146 valence electrons. The Morgan fingerprint density at radius 3 is 2.59 bits per heavy atom. The number of fused-ring (bicyclic) bond motifs is 1. The lowest BCUT2D eigenvalue weighted by Crippen LogP contribution is -2.10. The van der Waals surface area contributed by atoms with Crippen molar-refractivity contribution in [1.82, 2.24) is 9.78 Å². The minimum absolute atomic E-state index is 0.0284. The molecule has 0 saturated carbocycles. The Hall–Kier alpha value is -3.67. The highest BCUT2D eigenvalue weighted by molar-refractivity contribution is 5.92. The van der Waals surface area contributed by atoms with E-state index in [1.54, 1.807) is 17.7 Å². The standard InChI is InChI=1S/C23H20N2O4/c1-14-9-10-19-17(12-21(26)29-20(19)11-14)13-28-23(27)22-15(2)24-25(16(22)3)18-7-5-4-6-8-18/h4-12H,13H2,1-3H3. The number of aromatic nitrogens is 2. The highest BCUT2D eigenvalue weighted by Crippen LogP contribution is 2.22. The van der Waals surface area contributed by atoms with Gasteiger partial charge in [-0.25, -0.2) is 14.3 Å². The Balaban J connectivity index is 1.63. The summed E-state index contributed by atoms with van der Waals surface area (Å²) in [6, 6.07) is 16.5. The van der Waals surface area contributed by atoms with Crippen LogP contribution in [0.1, 0.15) is 32.9 Å². The third-order valence-corrected chi connectivity index (χ3v) is 4.84. The lowest BCUT2D eigenvalue weighted by molar-refractivity contribution is 0.0472. The van der Waals surface area contributed by atoms with E-state index in [0.29, 0.717) is 28.1 Å². The normalized spacial score (nSPS) is 11.0. The van der Waals surface area contributed by atoms with Crippen LogP contribution in [-0.4, -0.2) is 15.7 Å². The topological polar surface area (TPSA) is 74.3 Å². The summed E-state index contributed by atoms with van der Waals surface area (Å²) in [5, 5.41) is 5.23. The van der Waals surface area contributed by atoms with Gasteiger partial charge in [-0.15, -0.1) is 0 Å². The summed E-state index contributed by atoms with van der Waals surface area (Å²) in [4.78, 5) is 24.7. The number of carbonyl (C=O) groups excluding carboxylic acids is 1. The molecule has 0 aliphatic rings. The maximum absolute atomic E-state index is 12.8. The molecule has 0 fully saturated rings. The largest absolute Gasteiger partial charge is 0.457 e. The number of hydrogen-bond acceptors (Lipinski definition) is 5. The SMILES string of the molecule is Cc1ccc2c(COC(=O)c3c(C)nn(-c4ccccc4)c3C)cc(=O)oc2c1. The van der Waals surface area contributed by atoms with Gasteiger partial charge in [-0.05, 0) is 44.5 Å². The minimum Gasteiger partial charge on any atom is -0.457 e. The van der Waals surface area contributed by atoms with Crippen LogP contribution in [0.3, 0.4) is 0 Å². The van der Waals surface area contributed by atoms with Crippen LogP contribution in [-0.2, 0) is 11.3 Å². The van der Waals surface area contributed by atoms with Gasteiger partial charge in [0.15, 0.2) is 0 Å². The van der Waals surface area contributed by atoms with Crippen molar-refractivity contribution in [3.8, 4) is 5.69 Å². The number of rotatable bonds is 4. The van der Waals surface area contributed by atoms with Gasteiger partial charge in [-0.3, -0.25) is 0 Å². The van der Waals surface area contributed by atoms with Gasteiger partial charge < -0.3 is 9.15 Å². The fourth-order valence-electron chi connectivity index (χ4n) is 3.43. The van der Waals surface area contributed by atoms with Crippen molar-refractivity contribution in [3.05, 3.63) is 93.1 Å². The molecule has 2 aromatic carbocycles. The van der Waals surface area contributed by atoms with Crippen molar-refractivity contribution < 1.29 is 13.9 Å². The van der Waals surface area contributed by atoms with Crippen LogP contribution in [0.25, 0.3) is 16.7 Å². The average Bonchev–Trinajstić information content (AvgIpc) is 3.00. The molecule has 0 saturated heterocycles. The van der Waals surface area contributed by atoms with Crippen molar-refractivity contribution in [1.29, 1.82) is 0 Å². The number of aryl methyl sites for hydroxylation is 2. The zero-order valence-electron chi connectivity index (χ0n) is 16.4. The first-order chi connectivity index (χ1) is 13.9. The number of hydrogen-bond donors (Lipinski definition) is 0. The lowest BCUT2D eigenvalue weighted by atomic mass is 10.1. The molecule has 0 unspecified atom stereocenters. The number of ether oxygens (including phenoxy) is 1. The predicted molar refractivity (Wildman–Crippen MR) is 109 cm³/mol. The van der Waals surface area contributed by atoms with Gasteiger partial charge in [-0.2, -0.15) is 5.10 Å². The number of nitrogens with zero attached hydrogens (tertiary/aromatic N) is 2. The highest BCUT2D eigenvalue weighted by atomic mass is 16.5. The van der Waals surface area contributed by atoms with E-state index in [9.17, 15) is 9.59 Å². The van der Waals surface area contributed by atoms with Gasteiger partial charge in [0, 0.05) is 17.0 Å². The van der Waals surface area contributed by atoms with Gasteiger partial charge in [0.1, 0.15) is 17.8 Å². The summed E-state index contributed by atoms with van der Waals surface area (Å²) in [6.07, 6.45) is 0. The first-order valence-electron chi connectivity index (χ1n) is 9.26. The van der Waals surface area contributed by atoms with E-state index >= 15 is 0 Å². The highest BCUT2D eigenvalue weighted by Gasteiger charge is 2.21. The molecule has 2 aromatic heterocycles. The third-order valence-electron chi connectivity index (χ3n) is 4.84. The molecular weight excluding hydrogens is 368 g/mol. The first kappa shape index (κ1) is 18.7. The summed E-state index contributed by atoms with van der Waals surface area (Å²) < 4.78 is 12.5.